The van der Waals surface area contributed by atoms with Crippen LogP contribution in [0.2, 0.25) is 0 Å². The van der Waals surface area contributed by atoms with E-state index in [0.29, 0.717) is 11.5 Å². The third-order valence-corrected chi connectivity index (χ3v) is 4.63. The second kappa shape index (κ2) is 6.06. The molecule has 1 N–H and O–H groups in total. The first-order valence-electron chi connectivity index (χ1n) is 7.16. The number of fused-ring (bicyclic) bond motifs is 1. The molecule has 0 aliphatic carbocycles. The second-order valence-electron chi connectivity index (χ2n) is 6.46. The first-order valence-corrected chi connectivity index (χ1v) is 8.04. The lowest BCUT2D eigenvalue weighted by atomic mass is 9.86. The molecule has 0 unspecified atom stereocenters. The van der Waals surface area contributed by atoms with Crippen LogP contribution in [0.15, 0.2) is 29.6 Å². The van der Waals surface area contributed by atoms with Gasteiger partial charge in [-0.3, -0.25) is 0 Å². The summed E-state index contributed by atoms with van der Waals surface area (Å²) in [5.41, 5.74) is 1.87. The van der Waals surface area contributed by atoms with E-state index in [4.69, 9.17) is 0 Å². The first kappa shape index (κ1) is 14.5. The molecule has 104 valence electrons. The van der Waals surface area contributed by atoms with Gasteiger partial charge in [0.25, 0.3) is 0 Å². The lowest BCUT2D eigenvalue weighted by Gasteiger charge is -2.26. The van der Waals surface area contributed by atoms with Crippen molar-refractivity contribution in [1.29, 1.82) is 0 Å². The van der Waals surface area contributed by atoms with Gasteiger partial charge in [-0.1, -0.05) is 45.9 Å². The van der Waals surface area contributed by atoms with Gasteiger partial charge >= 0.3 is 0 Å². The molecule has 0 amide bonds. The van der Waals surface area contributed by atoms with Crippen molar-refractivity contribution in [2.24, 2.45) is 5.41 Å². The average molecular weight is 275 g/mol. The van der Waals surface area contributed by atoms with Crippen LogP contribution in [0.25, 0.3) is 10.1 Å². The minimum absolute atomic E-state index is 0.354. The third-order valence-electron chi connectivity index (χ3n) is 3.62. The molecule has 0 atom stereocenters. The van der Waals surface area contributed by atoms with E-state index in [1.54, 1.807) is 0 Å². The van der Waals surface area contributed by atoms with E-state index < -0.39 is 0 Å². The molecular formula is C17H25NS. The summed E-state index contributed by atoms with van der Waals surface area (Å²) < 4.78 is 1.41. The molecular weight excluding hydrogens is 250 g/mol. The number of nitrogens with one attached hydrogen (secondary N) is 1. The van der Waals surface area contributed by atoms with Crippen molar-refractivity contribution in [3.8, 4) is 0 Å². The molecule has 0 aliphatic rings. The van der Waals surface area contributed by atoms with Crippen LogP contribution in [0.5, 0.6) is 0 Å². The highest BCUT2D eigenvalue weighted by Crippen LogP contribution is 2.29. The maximum absolute atomic E-state index is 3.56. The monoisotopic (exact) mass is 275 g/mol. The predicted octanol–water partition coefficient (Wildman–Crippen LogP) is 4.86. The Kier molecular flexibility index (Phi) is 4.64. The van der Waals surface area contributed by atoms with Crippen molar-refractivity contribution in [1.82, 2.24) is 5.32 Å². The Hall–Kier alpha value is -0.860. The molecule has 0 fully saturated rings. The Balaban J connectivity index is 1.98. The first-order chi connectivity index (χ1) is 8.98. The smallest absolute Gasteiger partial charge is 0.0345 e. The van der Waals surface area contributed by atoms with Gasteiger partial charge in [0, 0.05) is 17.3 Å². The average Bonchev–Trinajstić information content (AvgIpc) is 2.78. The molecule has 0 saturated heterocycles. The Morgan fingerprint density at radius 1 is 1.21 bits per heavy atom. The van der Waals surface area contributed by atoms with Crippen molar-refractivity contribution >= 4 is 21.4 Å². The van der Waals surface area contributed by atoms with Crippen LogP contribution in [0.3, 0.4) is 0 Å². The zero-order valence-electron chi connectivity index (χ0n) is 12.5. The van der Waals surface area contributed by atoms with Gasteiger partial charge in [-0.25, -0.2) is 0 Å². The summed E-state index contributed by atoms with van der Waals surface area (Å²) in [6.45, 7) is 10.2. The highest BCUT2D eigenvalue weighted by molar-refractivity contribution is 7.17. The maximum atomic E-state index is 3.56. The molecule has 0 bridgehead atoms. The van der Waals surface area contributed by atoms with Crippen molar-refractivity contribution in [3.63, 3.8) is 0 Å². The molecule has 1 nitrogen and oxygen atoms in total. The zero-order valence-corrected chi connectivity index (χ0v) is 13.3. The Morgan fingerprint density at radius 2 is 1.95 bits per heavy atom. The lowest BCUT2D eigenvalue weighted by molar-refractivity contribution is 0.304. The Bertz CT molecular complexity index is 525. The summed E-state index contributed by atoms with van der Waals surface area (Å²) in [7, 11) is 0. The summed E-state index contributed by atoms with van der Waals surface area (Å²) in [6, 6.07) is 9.31. The van der Waals surface area contributed by atoms with Crippen LogP contribution < -0.4 is 5.32 Å². The van der Waals surface area contributed by atoms with Crippen LogP contribution in [-0.2, 0) is 6.42 Å². The molecule has 2 rings (SSSR count). The summed E-state index contributed by atoms with van der Waals surface area (Å²) in [6.07, 6.45) is 2.41. The number of hydrogen-bond donors (Lipinski definition) is 1. The fourth-order valence-corrected chi connectivity index (χ4v) is 3.27. The van der Waals surface area contributed by atoms with Crippen LogP contribution in [0.4, 0.5) is 0 Å². The van der Waals surface area contributed by atoms with E-state index in [2.05, 4.69) is 62.7 Å². The molecule has 2 aromatic rings. The number of thiophene rings is 1. The molecule has 0 aliphatic heterocycles. The summed E-state index contributed by atoms with van der Waals surface area (Å²) in [4.78, 5) is 0. The molecule has 1 aromatic carbocycles. The van der Waals surface area contributed by atoms with E-state index in [0.717, 1.165) is 6.54 Å². The SMILES string of the molecule is CC(C)NCC(C)(C)CCc1csc2ccccc12. The molecule has 1 aromatic heterocycles. The quantitative estimate of drug-likeness (QED) is 0.794. The van der Waals surface area contributed by atoms with Gasteiger partial charge in [0.1, 0.15) is 0 Å². The van der Waals surface area contributed by atoms with Crippen LogP contribution >= 0.6 is 11.3 Å². The van der Waals surface area contributed by atoms with Crippen molar-refractivity contribution in [3.05, 3.63) is 35.2 Å². The third kappa shape index (κ3) is 4.05. The number of hydrogen-bond acceptors (Lipinski definition) is 2. The largest absolute Gasteiger partial charge is 0.314 e. The zero-order chi connectivity index (χ0) is 13.9. The minimum Gasteiger partial charge on any atom is -0.314 e. The van der Waals surface area contributed by atoms with Gasteiger partial charge in [-0.15, -0.1) is 11.3 Å². The van der Waals surface area contributed by atoms with Gasteiger partial charge in [0.15, 0.2) is 0 Å². The standard InChI is InChI=1S/C17H25NS/c1-13(2)18-12-17(3,4)10-9-14-11-19-16-8-6-5-7-15(14)16/h5-8,11,13,18H,9-10,12H2,1-4H3. The number of rotatable bonds is 6. The van der Waals surface area contributed by atoms with E-state index in [1.165, 1.54) is 28.5 Å². The van der Waals surface area contributed by atoms with Crippen LogP contribution in [-0.4, -0.2) is 12.6 Å². The molecule has 1 heterocycles. The number of aryl methyl sites for hydroxylation is 1. The fourth-order valence-electron chi connectivity index (χ4n) is 2.27. The van der Waals surface area contributed by atoms with E-state index in [9.17, 15) is 0 Å². The van der Waals surface area contributed by atoms with Gasteiger partial charge in [-0.2, -0.15) is 0 Å². The minimum atomic E-state index is 0.354. The molecule has 0 saturated carbocycles. The lowest BCUT2D eigenvalue weighted by Crippen LogP contribution is -2.34. The van der Waals surface area contributed by atoms with Crippen molar-refractivity contribution in [2.45, 2.75) is 46.6 Å². The van der Waals surface area contributed by atoms with Crippen molar-refractivity contribution in [2.75, 3.05) is 6.54 Å². The predicted molar refractivity (Wildman–Crippen MR) is 87.1 cm³/mol. The van der Waals surface area contributed by atoms with E-state index in [1.807, 2.05) is 11.3 Å². The van der Waals surface area contributed by atoms with Crippen molar-refractivity contribution < 1.29 is 0 Å². The Labute approximate surface area is 121 Å². The molecule has 0 spiro atoms. The second-order valence-corrected chi connectivity index (χ2v) is 7.37. The highest BCUT2D eigenvalue weighted by atomic mass is 32.1. The summed E-state index contributed by atoms with van der Waals surface area (Å²) in [5.74, 6) is 0. The Morgan fingerprint density at radius 3 is 2.68 bits per heavy atom. The van der Waals surface area contributed by atoms with Gasteiger partial charge in [0.05, 0.1) is 0 Å². The van der Waals surface area contributed by atoms with Gasteiger partial charge < -0.3 is 5.32 Å². The van der Waals surface area contributed by atoms with E-state index >= 15 is 0 Å². The molecule has 2 heteroatoms. The van der Waals surface area contributed by atoms with E-state index in [-0.39, 0.29) is 0 Å². The van der Waals surface area contributed by atoms with Crippen LogP contribution in [0, 0.1) is 5.41 Å². The summed E-state index contributed by atoms with van der Waals surface area (Å²) >= 11 is 1.87. The van der Waals surface area contributed by atoms with Gasteiger partial charge in [0.2, 0.25) is 0 Å². The normalized spacial score (nSPS) is 12.5. The van der Waals surface area contributed by atoms with Crippen LogP contribution in [0.1, 0.15) is 39.7 Å². The molecule has 0 radical (unpaired) electrons. The maximum Gasteiger partial charge on any atom is 0.0345 e. The topological polar surface area (TPSA) is 12.0 Å². The number of benzene rings is 1. The van der Waals surface area contributed by atoms with Gasteiger partial charge in [-0.05, 0) is 40.7 Å². The molecule has 19 heavy (non-hydrogen) atoms. The fraction of sp³-hybridized carbons (Fsp3) is 0.529. The highest BCUT2D eigenvalue weighted by Gasteiger charge is 2.18. The summed E-state index contributed by atoms with van der Waals surface area (Å²) in [5, 5.41) is 7.33.